The van der Waals surface area contributed by atoms with Gasteiger partial charge in [0.1, 0.15) is 11.5 Å². The number of ketones is 1. The average molecular weight is 408 g/mol. The maximum absolute atomic E-state index is 12.5. The molecule has 2 aliphatic carbocycles. The highest BCUT2D eigenvalue weighted by molar-refractivity contribution is 5.92. The number of primary amides is 1. The van der Waals surface area contributed by atoms with E-state index < -0.39 is 11.8 Å². The van der Waals surface area contributed by atoms with Gasteiger partial charge in [-0.15, -0.1) is 12.4 Å². The van der Waals surface area contributed by atoms with Crippen molar-refractivity contribution in [3.05, 3.63) is 47.0 Å². The van der Waals surface area contributed by atoms with Crippen LogP contribution in [-0.2, 0) is 14.3 Å². The number of carbonyl (C=O) groups excluding carboxylic acids is 2. The number of nitrogens with zero attached hydrogens (tertiary/aromatic N) is 1. The Kier molecular flexibility index (Phi) is 7.89. The first-order valence-corrected chi connectivity index (χ1v) is 9.79. The largest absolute Gasteiger partial charge is 0.491 e. The van der Waals surface area contributed by atoms with Gasteiger partial charge >= 0.3 is 0 Å². The van der Waals surface area contributed by atoms with E-state index in [-0.39, 0.29) is 18.2 Å². The predicted molar refractivity (Wildman–Crippen MR) is 111 cm³/mol. The first-order chi connectivity index (χ1) is 13.0. The molecular formula is C21H30ClN3O3. The average Bonchev–Trinajstić information content (AvgIpc) is 3.44. The minimum Gasteiger partial charge on any atom is -0.491 e. The normalized spacial score (nSPS) is 21.9. The van der Waals surface area contributed by atoms with E-state index in [1.807, 2.05) is 6.08 Å². The lowest BCUT2D eigenvalue weighted by molar-refractivity contribution is -0.119. The van der Waals surface area contributed by atoms with Crippen LogP contribution in [0, 0.1) is 11.8 Å². The van der Waals surface area contributed by atoms with E-state index >= 15 is 0 Å². The lowest BCUT2D eigenvalue weighted by Crippen LogP contribution is -2.33. The maximum Gasteiger partial charge on any atom is 0.241 e. The third-order valence-corrected chi connectivity index (χ3v) is 5.15. The van der Waals surface area contributed by atoms with Crippen LogP contribution in [0.4, 0.5) is 0 Å². The first-order valence-electron chi connectivity index (χ1n) is 9.79. The number of fused-ring (bicyclic) bond motifs is 1. The summed E-state index contributed by atoms with van der Waals surface area (Å²) in [5.41, 5.74) is 14.1. The Balaban J connectivity index is 0.00000280. The van der Waals surface area contributed by atoms with Crippen molar-refractivity contribution in [1.82, 2.24) is 4.90 Å². The summed E-state index contributed by atoms with van der Waals surface area (Å²) in [4.78, 5) is 25.8. The molecule has 154 valence electrons. The highest BCUT2D eigenvalue weighted by Crippen LogP contribution is 2.40. The third-order valence-electron chi connectivity index (χ3n) is 5.15. The van der Waals surface area contributed by atoms with Crippen molar-refractivity contribution in [2.45, 2.75) is 39.0 Å². The number of allylic oxidation sites excluding steroid dienone is 3. The SMILES string of the molecule is CCCCOC1=C(CN)N(CC2CC2)C=C2CC(=O)C(/C=C/C(N)=O)C=C21.Cl. The van der Waals surface area contributed by atoms with Crippen molar-refractivity contribution in [2.75, 3.05) is 19.7 Å². The fraction of sp³-hybridized carbons (Fsp3) is 0.524. The number of unbranched alkanes of at least 4 members (excludes halogenated alkanes) is 1. The van der Waals surface area contributed by atoms with Crippen molar-refractivity contribution in [1.29, 1.82) is 0 Å². The van der Waals surface area contributed by atoms with Crippen LogP contribution >= 0.6 is 12.4 Å². The van der Waals surface area contributed by atoms with Gasteiger partial charge in [-0.05, 0) is 36.8 Å². The Morgan fingerprint density at radius 2 is 2.14 bits per heavy atom. The molecule has 1 amide bonds. The summed E-state index contributed by atoms with van der Waals surface area (Å²) >= 11 is 0. The van der Waals surface area contributed by atoms with Gasteiger partial charge in [-0.25, -0.2) is 0 Å². The highest BCUT2D eigenvalue weighted by Gasteiger charge is 2.34. The van der Waals surface area contributed by atoms with Gasteiger partial charge in [0, 0.05) is 31.3 Å². The van der Waals surface area contributed by atoms with Gasteiger partial charge in [-0.2, -0.15) is 0 Å². The number of rotatable bonds is 9. The minimum absolute atomic E-state index is 0. The van der Waals surface area contributed by atoms with Gasteiger partial charge in [-0.1, -0.05) is 25.5 Å². The second kappa shape index (κ2) is 9.94. The number of halogens is 1. The predicted octanol–water partition coefficient (Wildman–Crippen LogP) is 2.56. The maximum atomic E-state index is 12.5. The second-order valence-corrected chi connectivity index (χ2v) is 7.44. The molecule has 0 saturated heterocycles. The zero-order chi connectivity index (χ0) is 19.4. The molecule has 0 bridgehead atoms. The smallest absolute Gasteiger partial charge is 0.241 e. The van der Waals surface area contributed by atoms with Gasteiger partial charge in [-0.3, -0.25) is 9.59 Å². The fourth-order valence-electron chi connectivity index (χ4n) is 3.46. The van der Waals surface area contributed by atoms with Gasteiger partial charge in [0.25, 0.3) is 0 Å². The zero-order valence-corrected chi connectivity index (χ0v) is 17.2. The fourth-order valence-corrected chi connectivity index (χ4v) is 3.46. The molecule has 3 rings (SSSR count). The molecule has 1 heterocycles. The number of hydrogen-bond acceptors (Lipinski definition) is 5. The quantitative estimate of drug-likeness (QED) is 0.452. The van der Waals surface area contributed by atoms with Crippen LogP contribution in [0.3, 0.4) is 0 Å². The summed E-state index contributed by atoms with van der Waals surface area (Å²) in [5.74, 6) is 0.506. The number of hydrogen-bond donors (Lipinski definition) is 2. The molecule has 0 radical (unpaired) electrons. The standard InChI is InChI=1S/C21H29N3O3.ClH/c1-2-3-8-27-21-17-9-15(6-7-20(23)26)19(25)10-16(17)13-24(18(21)11-22)12-14-4-5-14;/h6-7,9,13-15H,2-5,8,10-12,22H2,1H3,(H2,23,26);1H/b7-6+;. The number of ether oxygens (including phenoxy) is 1. The van der Waals surface area contributed by atoms with Crippen LogP contribution < -0.4 is 11.5 Å². The van der Waals surface area contributed by atoms with E-state index in [0.717, 1.165) is 42.0 Å². The molecule has 1 fully saturated rings. The number of nitrogens with two attached hydrogens (primary N) is 2. The minimum atomic E-state index is -0.556. The summed E-state index contributed by atoms with van der Waals surface area (Å²) in [6, 6.07) is 0. The Morgan fingerprint density at radius 3 is 2.75 bits per heavy atom. The molecule has 6 nitrogen and oxygen atoms in total. The van der Waals surface area contributed by atoms with Crippen LogP contribution in [0.2, 0.25) is 0 Å². The molecule has 7 heteroatoms. The van der Waals surface area contributed by atoms with Gasteiger partial charge < -0.3 is 21.1 Å². The van der Waals surface area contributed by atoms with Crippen LogP contribution in [0.1, 0.15) is 39.0 Å². The second-order valence-electron chi connectivity index (χ2n) is 7.44. The van der Waals surface area contributed by atoms with E-state index in [1.165, 1.54) is 18.9 Å². The Labute approximate surface area is 172 Å². The number of carbonyl (C=O) groups is 2. The first kappa shape index (κ1) is 22.2. The van der Waals surface area contributed by atoms with E-state index in [1.54, 1.807) is 6.08 Å². The highest BCUT2D eigenvalue weighted by atomic mass is 35.5. The monoisotopic (exact) mass is 407 g/mol. The zero-order valence-electron chi connectivity index (χ0n) is 16.4. The van der Waals surface area contributed by atoms with Gasteiger partial charge in [0.05, 0.1) is 18.2 Å². The molecular weight excluding hydrogens is 378 g/mol. The van der Waals surface area contributed by atoms with Crippen LogP contribution in [0.15, 0.2) is 47.0 Å². The number of amides is 1. The summed E-state index contributed by atoms with van der Waals surface area (Å²) in [6.45, 7) is 4.04. The molecule has 0 aromatic carbocycles. The molecule has 1 unspecified atom stereocenters. The molecule has 28 heavy (non-hydrogen) atoms. The summed E-state index contributed by atoms with van der Waals surface area (Å²) in [5, 5.41) is 0. The van der Waals surface area contributed by atoms with Crippen molar-refractivity contribution >= 4 is 24.1 Å². The van der Waals surface area contributed by atoms with Crippen molar-refractivity contribution < 1.29 is 14.3 Å². The molecule has 1 aliphatic heterocycles. The Morgan fingerprint density at radius 1 is 1.39 bits per heavy atom. The van der Waals surface area contributed by atoms with Crippen LogP contribution in [0.25, 0.3) is 0 Å². The van der Waals surface area contributed by atoms with E-state index in [2.05, 4.69) is 18.0 Å². The molecule has 1 atom stereocenters. The molecule has 1 saturated carbocycles. The van der Waals surface area contributed by atoms with Gasteiger partial charge in [0.15, 0.2) is 0 Å². The molecule has 3 aliphatic rings. The Hall–Kier alpha value is -2.05. The lowest BCUT2D eigenvalue weighted by atomic mass is 9.83. The van der Waals surface area contributed by atoms with Crippen LogP contribution in [0.5, 0.6) is 0 Å². The van der Waals surface area contributed by atoms with Crippen molar-refractivity contribution in [3.8, 4) is 0 Å². The van der Waals surface area contributed by atoms with Gasteiger partial charge in [0.2, 0.25) is 5.91 Å². The Bertz CT molecular complexity index is 735. The van der Waals surface area contributed by atoms with Crippen molar-refractivity contribution in [3.63, 3.8) is 0 Å². The topological polar surface area (TPSA) is 98.7 Å². The van der Waals surface area contributed by atoms with Crippen LogP contribution in [-0.4, -0.2) is 36.3 Å². The summed E-state index contributed by atoms with van der Waals surface area (Å²) in [7, 11) is 0. The molecule has 0 aromatic heterocycles. The molecule has 4 N–H and O–H groups in total. The molecule has 0 spiro atoms. The van der Waals surface area contributed by atoms with E-state index in [0.29, 0.717) is 25.5 Å². The lowest BCUT2D eigenvalue weighted by Gasteiger charge is -2.35. The third kappa shape index (κ3) is 5.26. The van der Waals surface area contributed by atoms with Crippen molar-refractivity contribution in [2.24, 2.45) is 23.3 Å². The van der Waals surface area contributed by atoms with E-state index in [9.17, 15) is 9.59 Å². The summed E-state index contributed by atoms with van der Waals surface area (Å²) in [6.07, 6.45) is 11.6. The van der Waals surface area contributed by atoms with E-state index in [4.69, 9.17) is 16.2 Å². The number of Topliss-reactive ketones (excluding diaryl/α,β-unsaturated/α-hetero) is 1. The summed E-state index contributed by atoms with van der Waals surface area (Å²) < 4.78 is 6.16. The molecule has 0 aromatic rings.